The first-order valence-electron chi connectivity index (χ1n) is 10.7. The number of unbranched alkanes of at least 4 members (excludes halogenated alkanes) is 2. The van der Waals surface area contributed by atoms with Crippen molar-refractivity contribution in [3.8, 4) is 28.3 Å². The van der Waals surface area contributed by atoms with Gasteiger partial charge in [0.15, 0.2) is 11.5 Å². The Morgan fingerprint density at radius 1 is 1.06 bits per heavy atom. The third-order valence-electron chi connectivity index (χ3n) is 5.33. The zero-order valence-corrected chi connectivity index (χ0v) is 18.7. The molecule has 0 bridgehead atoms. The van der Waals surface area contributed by atoms with Gasteiger partial charge in [-0.3, -0.25) is 9.36 Å². The van der Waals surface area contributed by atoms with Crippen molar-refractivity contribution < 1.29 is 14.3 Å². The van der Waals surface area contributed by atoms with Gasteiger partial charge in [-0.05, 0) is 48.7 Å². The number of nitrogens with zero attached hydrogens (tertiary/aromatic N) is 2. The number of rotatable bonds is 10. The Morgan fingerprint density at radius 3 is 2.58 bits per heavy atom. The third kappa shape index (κ3) is 5.45. The molecule has 0 fully saturated rings. The molecule has 3 rings (SSSR count). The minimum atomic E-state index is -0.113. The number of imidazole rings is 1. The molecule has 0 saturated carbocycles. The Labute approximate surface area is 184 Å². The monoisotopic (exact) mass is 421 g/mol. The van der Waals surface area contributed by atoms with Crippen LogP contribution in [0.1, 0.15) is 50.0 Å². The maximum absolute atomic E-state index is 12.8. The first kappa shape index (κ1) is 22.4. The van der Waals surface area contributed by atoms with Crippen molar-refractivity contribution in [1.29, 1.82) is 0 Å². The van der Waals surface area contributed by atoms with Crippen LogP contribution >= 0.6 is 0 Å². The molecular weight excluding hydrogens is 390 g/mol. The lowest BCUT2D eigenvalue weighted by atomic mass is 10.0. The van der Waals surface area contributed by atoms with Gasteiger partial charge in [0, 0.05) is 11.7 Å². The van der Waals surface area contributed by atoms with Crippen molar-refractivity contribution in [1.82, 2.24) is 14.9 Å². The number of hydrogen-bond acceptors (Lipinski definition) is 4. The van der Waals surface area contributed by atoms with Crippen LogP contribution in [-0.4, -0.2) is 35.7 Å². The molecule has 2 aromatic carbocycles. The summed E-state index contributed by atoms with van der Waals surface area (Å²) < 4.78 is 12.6. The lowest BCUT2D eigenvalue weighted by molar-refractivity contribution is 0.0931. The van der Waals surface area contributed by atoms with Gasteiger partial charge < -0.3 is 14.8 Å². The Balaban J connectivity index is 1.83. The lowest BCUT2D eigenvalue weighted by Gasteiger charge is -2.15. The van der Waals surface area contributed by atoms with Crippen LogP contribution < -0.4 is 14.8 Å². The Hall–Kier alpha value is -3.28. The predicted molar refractivity (Wildman–Crippen MR) is 123 cm³/mol. The molecule has 0 radical (unpaired) electrons. The second-order valence-electron chi connectivity index (χ2n) is 7.64. The standard InChI is InChI=1S/C25H31N3O3/c1-5-6-7-9-18(2)27-25(29)22-16-26-17-28(22)21-11-8-10-19(14-21)20-12-13-23(30-3)24(15-20)31-4/h8,10-18H,5-7,9H2,1-4H3,(H,27,29)/t18-/m0/s1. The summed E-state index contributed by atoms with van der Waals surface area (Å²) in [5.74, 6) is 1.24. The molecule has 0 aliphatic rings. The minimum Gasteiger partial charge on any atom is -0.493 e. The summed E-state index contributed by atoms with van der Waals surface area (Å²) in [7, 11) is 3.24. The van der Waals surface area contributed by atoms with Crippen molar-refractivity contribution in [2.45, 2.75) is 45.6 Å². The zero-order chi connectivity index (χ0) is 22.2. The number of carbonyl (C=O) groups is 1. The average molecular weight is 422 g/mol. The van der Waals surface area contributed by atoms with Gasteiger partial charge in [-0.2, -0.15) is 0 Å². The summed E-state index contributed by atoms with van der Waals surface area (Å²) in [5.41, 5.74) is 3.39. The molecule has 6 heteroatoms. The minimum absolute atomic E-state index is 0.113. The molecule has 0 aliphatic heterocycles. The first-order valence-corrected chi connectivity index (χ1v) is 10.7. The molecular formula is C25H31N3O3. The molecule has 1 atom stereocenters. The normalized spacial score (nSPS) is 11.7. The van der Waals surface area contributed by atoms with Crippen LogP contribution in [-0.2, 0) is 0 Å². The van der Waals surface area contributed by atoms with E-state index in [0.717, 1.165) is 29.7 Å². The molecule has 3 aromatic rings. The molecule has 1 aromatic heterocycles. The Kier molecular flexibility index (Phi) is 7.70. The molecule has 0 unspecified atom stereocenters. The summed E-state index contributed by atoms with van der Waals surface area (Å²) in [6.07, 6.45) is 7.72. The zero-order valence-electron chi connectivity index (χ0n) is 18.7. The summed E-state index contributed by atoms with van der Waals surface area (Å²) >= 11 is 0. The van der Waals surface area contributed by atoms with Crippen LogP contribution in [0.15, 0.2) is 55.0 Å². The van der Waals surface area contributed by atoms with Crippen molar-refractivity contribution in [2.24, 2.45) is 0 Å². The third-order valence-corrected chi connectivity index (χ3v) is 5.33. The van der Waals surface area contributed by atoms with Gasteiger partial charge in [0.2, 0.25) is 0 Å². The van der Waals surface area contributed by atoms with Gasteiger partial charge >= 0.3 is 0 Å². The molecule has 1 amide bonds. The average Bonchev–Trinajstić information content (AvgIpc) is 3.29. The molecule has 0 aliphatic carbocycles. The maximum atomic E-state index is 12.8. The highest BCUT2D eigenvalue weighted by molar-refractivity contribution is 5.93. The van der Waals surface area contributed by atoms with Crippen LogP contribution in [0.2, 0.25) is 0 Å². The summed E-state index contributed by atoms with van der Waals surface area (Å²) in [6.45, 7) is 4.23. The summed E-state index contributed by atoms with van der Waals surface area (Å²) in [6, 6.07) is 13.9. The highest BCUT2D eigenvalue weighted by Crippen LogP contribution is 2.33. The molecule has 0 spiro atoms. The van der Waals surface area contributed by atoms with E-state index in [2.05, 4.69) is 17.2 Å². The number of benzene rings is 2. The van der Waals surface area contributed by atoms with E-state index in [-0.39, 0.29) is 11.9 Å². The summed E-state index contributed by atoms with van der Waals surface area (Å²) in [4.78, 5) is 17.1. The molecule has 164 valence electrons. The fourth-order valence-electron chi connectivity index (χ4n) is 3.59. The number of nitrogens with one attached hydrogen (secondary N) is 1. The fourth-order valence-corrected chi connectivity index (χ4v) is 3.59. The van der Waals surface area contributed by atoms with Crippen LogP contribution in [0.25, 0.3) is 16.8 Å². The molecule has 31 heavy (non-hydrogen) atoms. The largest absolute Gasteiger partial charge is 0.493 e. The van der Waals surface area contributed by atoms with E-state index >= 15 is 0 Å². The topological polar surface area (TPSA) is 65.4 Å². The van der Waals surface area contributed by atoms with Crippen LogP contribution in [0.3, 0.4) is 0 Å². The van der Waals surface area contributed by atoms with Crippen LogP contribution in [0, 0.1) is 0 Å². The lowest BCUT2D eigenvalue weighted by Crippen LogP contribution is -2.33. The predicted octanol–water partition coefficient (Wildman–Crippen LogP) is 5.26. The number of amides is 1. The van der Waals surface area contributed by atoms with Gasteiger partial charge in [0.25, 0.3) is 5.91 Å². The molecule has 1 heterocycles. The van der Waals surface area contributed by atoms with E-state index in [9.17, 15) is 4.79 Å². The van der Waals surface area contributed by atoms with Crippen molar-refractivity contribution >= 4 is 5.91 Å². The van der Waals surface area contributed by atoms with Gasteiger partial charge in [-0.15, -0.1) is 0 Å². The Morgan fingerprint density at radius 2 is 1.84 bits per heavy atom. The van der Waals surface area contributed by atoms with Gasteiger partial charge in [0.1, 0.15) is 5.69 Å². The fraction of sp³-hybridized carbons (Fsp3) is 0.360. The summed E-state index contributed by atoms with van der Waals surface area (Å²) in [5, 5.41) is 3.10. The first-order chi connectivity index (χ1) is 15.1. The smallest absolute Gasteiger partial charge is 0.270 e. The van der Waals surface area contributed by atoms with E-state index in [4.69, 9.17) is 9.47 Å². The SMILES string of the molecule is CCCCC[C@H](C)NC(=O)c1cncn1-c1cccc(-c2ccc(OC)c(OC)c2)c1. The highest BCUT2D eigenvalue weighted by Gasteiger charge is 2.16. The van der Waals surface area contributed by atoms with E-state index in [1.165, 1.54) is 12.8 Å². The molecule has 6 nitrogen and oxygen atoms in total. The second kappa shape index (κ2) is 10.7. The van der Waals surface area contributed by atoms with Gasteiger partial charge in [-0.25, -0.2) is 4.98 Å². The van der Waals surface area contributed by atoms with E-state index in [0.29, 0.717) is 17.2 Å². The van der Waals surface area contributed by atoms with Crippen molar-refractivity contribution in [2.75, 3.05) is 14.2 Å². The number of hydrogen-bond donors (Lipinski definition) is 1. The molecule has 1 N–H and O–H groups in total. The van der Waals surface area contributed by atoms with E-state index < -0.39 is 0 Å². The van der Waals surface area contributed by atoms with Gasteiger partial charge in [-0.1, -0.05) is 44.4 Å². The van der Waals surface area contributed by atoms with E-state index in [1.54, 1.807) is 26.7 Å². The van der Waals surface area contributed by atoms with Gasteiger partial charge in [0.05, 0.1) is 26.7 Å². The highest BCUT2D eigenvalue weighted by atomic mass is 16.5. The number of carbonyl (C=O) groups excluding carboxylic acids is 1. The molecule has 0 saturated heterocycles. The van der Waals surface area contributed by atoms with Crippen molar-refractivity contribution in [3.63, 3.8) is 0 Å². The Bertz CT molecular complexity index is 1010. The number of ether oxygens (including phenoxy) is 2. The number of methoxy groups -OCH3 is 2. The quantitative estimate of drug-likeness (QED) is 0.454. The second-order valence-corrected chi connectivity index (χ2v) is 7.64. The van der Waals surface area contributed by atoms with Crippen molar-refractivity contribution in [3.05, 3.63) is 60.7 Å². The van der Waals surface area contributed by atoms with Crippen LogP contribution in [0.4, 0.5) is 0 Å². The van der Waals surface area contributed by atoms with E-state index in [1.807, 2.05) is 54.0 Å². The maximum Gasteiger partial charge on any atom is 0.270 e. The van der Waals surface area contributed by atoms with Crippen LogP contribution in [0.5, 0.6) is 11.5 Å². The number of aromatic nitrogens is 2.